The Morgan fingerprint density at radius 3 is 2.48 bits per heavy atom. The summed E-state index contributed by atoms with van der Waals surface area (Å²) in [6.45, 7) is 0.888. The molecule has 0 aromatic heterocycles. The van der Waals surface area contributed by atoms with E-state index in [0.717, 1.165) is 0 Å². The molecule has 1 aliphatic rings. The maximum atomic E-state index is 12.8. The average molecular weight is 344 g/mol. The minimum absolute atomic E-state index is 0.0765. The van der Waals surface area contributed by atoms with Crippen LogP contribution in [0.5, 0.6) is 5.75 Å². The highest BCUT2D eigenvalue weighted by Crippen LogP contribution is 2.31. The highest BCUT2D eigenvalue weighted by molar-refractivity contribution is 7.89. The SMILES string of the molecule is COCCN(CCOC)S(=O)(=O)c1ccc2c(c1)NC(=O)CO2. The number of benzene rings is 1. The van der Waals surface area contributed by atoms with Gasteiger partial charge in [-0.25, -0.2) is 8.42 Å². The first kappa shape index (κ1) is 17.7. The summed E-state index contributed by atoms with van der Waals surface area (Å²) in [5.74, 6) is 0.131. The zero-order valence-electron chi connectivity index (χ0n) is 13.1. The summed E-state index contributed by atoms with van der Waals surface area (Å²) in [6, 6.07) is 4.39. The number of carbonyl (C=O) groups is 1. The lowest BCUT2D eigenvalue weighted by Gasteiger charge is -2.23. The summed E-state index contributed by atoms with van der Waals surface area (Å²) in [4.78, 5) is 11.5. The molecule has 0 radical (unpaired) electrons. The largest absolute Gasteiger partial charge is 0.482 e. The second-order valence-corrected chi connectivity index (χ2v) is 6.82. The second-order valence-electron chi connectivity index (χ2n) is 4.88. The first-order valence-electron chi connectivity index (χ1n) is 7.03. The van der Waals surface area contributed by atoms with Gasteiger partial charge in [-0.2, -0.15) is 4.31 Å². The first-order chi connectivity index (χ1) is 11.0. The molecule has 23 heavy (non-hydrogen) atoms. The lowest BCUT2D eigenvalue weighted by molar-refractivity contribution is -0.118. The minimum atomic E-state index is -3.73. The van der Waals surface area contributed by atoms with Crippen molar-refractivity contribution in [1.82, 2.24) is 4.31 Å². The van der Waals surface area contributed by atoms with Crippen molar-refractivity contribution in [2.45, 2.75) is 4.90 Å². The molecule has 0 aliphatic carbocycles. The molecule has 8 nitrogen and oxygen atoms in total. The van der Waals surface area contributed by atoms with E-state index in [1.54, 1.807) is 0 Å². The molecule has 1 amide bonds. The molecule has 0 unspecified atom stereocenters. The van der Waals surface area contributed by atoms with Crippen molar-refractivity contribution in [2.75, 3.05) is 52.4 Å². The van der Waals surface area contributed by atoms with Crippen LogP contribution in [0.15, 0.2) is 23.1 Å². The van der Waals surface area contributed by atoms with E-state index in [0.29, 0.717) is 11.4 Å². The van der Waals surface area contributed by atoms with E-state index in [2.05, 4.69) is 5.32 Å². The van der Waals surface area contributed by atoms with Gasteiger partial charge in [0.25, 0.3) is 5.91 Å². The lowest BCUT2D eigenvalue weighted by atomic mass is 10.2. The van der Waals surface area contributed by atoms with Crippen LogP contribution in [-0.2, 0) is 24.3 Å². The number of methoxy groups -OCH3 is 2. The summed E-state index contributed by atoms with van der Waals surface area (Å²) in [5, 5.41) is 2.60. The zero-order chi connectivity index (χ0) is 16.9. The van der Waals surface area contributed by atoms with Crippen LogP contribution in [0.3, 0.4) is 0 Å². The average Bonchev–Trinajstić information content (AvgIpc) is 2.54. The third kappa shape index (κ3) is 4.20. The molecule has 0 saturated heterocycles. The Balaban J connectivity index is 2.28. The number of carbonyl (C=O) groups excluding carboxylic acids is 1. The third-order valence-corrected chi connectivity index (χ3v) is 5.21. The van der Waals surface area contributed by atoms with Crippen molar-refractivity contribution in [3.8, 4) is 5.75 Å². The first-order valence-corrected chi connectivity index (χ1v) is 8.47. The molecule has 1 aromatic carbocycles. The van der Waals surface area contributed by atoms with Gasteiger partial charge in [0.1, 0.15) is 5.75 Å². The predicted molar refractivity (Wildman–Crippen MR) is 83.1 cm³/mol. The molecular weight excluding hydrogens is 324 g/mol. The molecule has 0 saturated carbocycles. The number of ether oxygens (including phenoxy) is 3. The van der Waals surface area contributed by atoms with Crippen LogP contribution < -0.4 is 10.1 Å². The molecule has 1 aliphatic heterocycles. The highest BCUT2D eigenvalue weighted by atomic mass is 32.2. The molecule has 1 heterocycles. The molecule has 9 heteroatoms. The minimum Gasteiger partial charge on any atom is -0.482 e. The Bertz CT molecular complexity index is 653. The summed E-state index contributed by atoms with van der Waals surface area (Å²) < 4.78 is 42.0. The molecule has 2 rings (SSSR count). The van der Waals surface area contributed by atoms with E-state index in [4.69, 9.17) is 14.2 Å². The van der Waals surface area contributed by atoms with Crippen molar-refractivity contribution in [3.63, 3.8) is 0 Å². The van der Waals surface area contributed by atoms with Gasteiger partial charge in [0.05, 0.1) is 23.8 Å². The molecule has 128 valence electrons. The Morgan fingerprint density at radius 1 is 1.22 bits per heavy atom. The van der Waals surface area contributed by atoms with Gasteiger partial charge in [0.2, 0.25) is 10.0 Å². The molecule has 0 spiro atoms. The molecule has 0 bridgehead atoms. The van der Waals surface area contributed by atoms with Gasteiger partial charge in [-0.05, 0) is 18.2 Å². The van der Waals surface area contributed by atoms with Crippen LogP contribution in [-0.4, -0.2) is 65.8 Å². The van der Waals surface area contributed by atoms with Gasteiger partial charge in [-0.15, -0.1) is 0 Å². The Labute approximate surface area is 135 Å². The molecule has 0 atom stereocenters. The van der Waals surface area contributed by atoms with Gasteiger partial charge in [-0.1, -0.05) is 0 Å². The lowest BCUT2D eigenvalue weighted by Crippen LogP contribution is -2.36. The smallest absolute Gasteiger partial charge is 0.262 e. The van der Waals surface area contributed by atoms with Gasteiger partial charge in [0.15, 0.2) is 6.61 Å². The van der Waals surface area contributed by atoms with Crippen molar-refractivity contribution < 1.29 is 27.4 Å². The number of anilines is 1. The van der Waals surface area contributed by atoms with Crippen molar-refractivity contribution in [3.05, 3.63) is 18.2 Å². The van der Waals surface area contributed by atoms with Gasteiger partial charge < -0.3 is 19.5 Å². The van der Waals surface area contributed by atoms with Crippen LogP contribution in [0.1, 0.15) is 0 Å². The van der Waals surface area contributed by atoms with E-state index in [1.165, 1.54) is 36.7 Å². The number of fused-ring (bicyclic) bond motifs is 1. The Hall–Kier alpha value is -1.68. The zero-order valence-corrected chi connectivity index (χ0v) is 13.9. The number of sulfonamides is 1. The summed E-state index contributed by atoms with van der Waals surface area (Å²) in [6.07, 6.45) is 0. The van der Waals surface area contributed by atoms with Crippen LogP contribution in [0, 0.1) is 0 Å². The third-order valence-electron chi connectivity index (χ3n) is 3.31. The second kappa shape index (κ2) is 7.73. The normalized spacial score (nSPS) is 14.3. The molecular formula is C14H20N2O6S. The van der Waals surface area contributed by atoms with Crippen LogP contribution in [0.2, 0.25) is 0 Å². The highest BCUT2D eigenvalue weighted by Gasteiger charge is 2.26. The van der Waals surface area contributed by atoms with Gasteiger partial charge >= 0.3 is 0 Å². The van der Waals surface area contributed by atoms with E-state index in [-0.39, 0.29) is 43.7 Å². The van der Waals surface area contributed by atoms with E-state index in [1.807, 2.05) is 0 Å². The summed E-state index contributed by atoms with van der Waals surface area (Å²) in [5.41, 5.74) is 0.348. The van der Waals surface area contributed by atoms with Crippen molar-refractivity contribution in [1.29, 1.82) is 0 Å². The van der Waals surface area contributed by atoms with Crippen molar-refractivity contribution in [2.24, 2.45) is 0 Å². The van der Waals surface area contributed by atoms with Gasteiger partial charge in [-0.3, -0.25) is 4.79 Å². The van der Waals surface area contributed by atoms with Gasteiger partial charge in [0, 0.05) is 27.3 Å². The van der Waals surface area contributed by atoms with E-state index in [9.17, 15) is 13.2 Å². The predicted octanol–water partition coefficient (Wildman–Crippen LogP) is 0.301. The topological polar surface area (TPSA) is 94.2 Å². The molecule has 1 aromatic rings. The van der Waals surface area contributed by atoms with E-state index < -0.39 is 10.0 Å². The van der Waals surface area contributed by atoms with Crippen LogP contribution in [0.25, 0.3) is 0 Å². The maximum absolute atomic E-state index is 12.8. The fourth-order valence-corrected chi connectivity index (χ4v) is 3.54. The number of amides is 1. The Kier molecular flexibility index (Phi) is 5.94. The number of nitrogens with one attached hydrogen (secondary N) is 1. The number of hydrogen-bond acceptors (Lipinski definition) is 6. The fraction of sp³-hybridized carbons (Fsp3) is 0.500. The maximum Gasteiger partial charge on any atom is 0.262 e. The number of hydrogen-bond donors (Lipinski definition) is 1. The monoisotopic (exact) mass is 344 g/mol. The summed E-state index contributed by atoms with van der Waals surface area (Å²) >= 11 is 0. The van der Waals surface area contributed by atoms with Crippen LogP contribution >= 0.6 is 0 Å². The molecule has 1 N–H and O–H groups in total. The summed E-state index contributed by atoms with van der Waals surface area (Å²) in [7, 11) is -0.716. The molecule has 0 fully saturated rings. The Morgan fingerprint density at radius 2 is 1.87 bits per heavy atom. The quantitative estimate of drug-likeness (QED) is 0.729. The van der Waals surface area contributed by atoms with Crippen molar-refractivity contribution >= 4 is 21.6 Å². The fourth-order valence-electron chi connectivity index (χ4n) is 2.11. The number of rotatable bonds is 8. The van der Waals surface area contributed by atoms with Crippen LogP contribution in [0.4, 0.5) is 5.69 Å². The standard InChI is InChI=1S/C14H20N2O6S/c1-20-7-5-16(6-8-21-2)23(18,19)11-3-4-13-12(9-11)15-14(17)10-22-13/h3-4,9H,5-8,10H2,1-2H3,(H,15,17). The number of nitrogens with zero attached hydrogens (tertiary/aromatic N) is 1. The van der Waals surface area contributed by atoms with E-state index >= 15 is 0 Å².